The minimum Gasteiger partial charge on any atom is -0.480 e. The van der Waals surface area contributed by atoms with E-state index >= 15 is 0 Å². The van der Waals surface area contributed by atoms with E-state index in [4.69, 9.17) is 0 Å². The summed E-state index contributed by atoms with van der Waals surface area (Å²) >= 11 is 0. The number of hydrogen-bond acceptors (Lipinski definition) is 8. The lowest BCUT2D eigenvalue weighted by Crippen LogP contribution is -2.48. The van der Waals surface area contributed by atoms with Crippen LogP contribution in [0.1, 0.15) is 23.2 Å². The van der Waals surface area contributed by atoms with E-state index in [0.29, 0.717) is 11.5 Å². The van der Waals surface area contributed by atoms with Crippen LogP contribution < -0.4 is 20.3 Å². The second-order valence-corrected chi connectivity index (χ2v) is 10.3. The molecule has 0 aliphatic carbocycles. The van der Waals surface area contributed by atoms with Crippen molar-refractivity contribution in [2.45, 2.75) is 29.8 Å². The molecule has 2 atom stereocenters. The van der Waals surface area contributed by atoms with Gasteiger partial charge in [-0.05, 0) is 55.3 Å². The normalized spacial score (nSPS) is 16.5. The van der Waals surface area contributed by atoms with E-state index in [1.807, 2.05) is 12.1 Å². The van der Waals surface area contributed by atoms with Crippen molar-refractivity contribution in [3.63, 3.8) is 0 Å². The molecule has 1 aliphatic heterocycles. The van der Waals surface area contributed by atoms with Crippen molar-refractivity contribution < 1.29 is 23.1 Å². The van der Waals surface area contributed by atoms with Crippen molar-refractivity contribution in [3.05, 3.63) is 78.6 Å². The molecule has 1 amide bonds. The number of carbonyl (C=O) groups is 2. The number of carbonyl (C=O) groups excluding carboxylic acids is 1. The van der Waals surface area contributed by atoms with Crippen molar-refractivity contribution in [2.75, 3.05) is 29.9 Å². The molecule has 0 saturated carbocycles. The summed E-state index contributed by atoms with van der Waals surface area (Å²) in [5.74, 6) is -1.31. The first-order chi connectivity index (χ1) is 17.8. The van der Waals surface area contributed by atoms with Crippen LogP contribution in [0.4, 0.5) is 11.6 Å². The molecule has 3 aromatic rings. The highest BCUT2D eigenvalue weighted by molar-refractivity contribution is 7.89. The molecule has 0 spiro atoms. The summed E-state index contributed by atoms with van der Waals surface area (Å²) in [6, 6.07) is 14.9. The van der Waals surface area contributed by atoms with Crippen LogP contribution in [0.2, 0.25) is 0 Å². The van der Waals surface area contributed by atoms with Crippen LogP contribution in [0, 0.1) is 0 Å². The molecule has 2 heterocycles. The number of aromatic nitrogens is 2. The van der Waals surface area contributed by atoms with E-state index in [1.165, 1.54) is 24.3 Å². The summed E-state index contributed by atoms with van der Waals surface area (Å²) < 4.78 is 27.1. The molecule has 1 fully saturated rings. The second-order valence-electron chi connectivity index (χ2n) is 8.58. The zero-order chi connectivity index (χ0) is 26.3. The zero-order valence-corrected chi connectivity index (χ0v) is 20.8. The maximum Gasteiger partial charge on any atom is 0.323 e. The average Bonchev–Trinajstić information content (AvgIpc) is 2.92. The number of amides is 1. The molecule has 11 nitrogen and oxygen atoms in total. The summed E-state index contributed by atoms with van der Waals surface area (Å²) in [4.78, 5) is 34.8. The Morgan fingerprint density at radius 2 is 1.73 bits per heavy atom. The summed E-state index contributed by atoms with van der Waals surface area (Å²) in [5.41, 5.74) is 1.29. The van der Waals surface area contributed by atoms with Gasteiger partial charge in [0, 0.05) is 49.3 Å². The molecule has 12 heteroatoms. The Labute approximate surface area is 215 Å². The molecule has 1 saturated heterocycles. The van der Waals surface area contributed by atoms with Crippen molar-refractivity contribution in [2.24, 2.45) is 0 Å². The number of carboxylic acids is 1. The number of nitrogens with zero attached hydrogens (tertiary/aromatic N) is 3. The van der Waals surface area contributed by atoms with E-state index in [0.717, 1.165) is 31.6 Å². The standard InChI is InChI=1S/C25H28N6O5S/c32-23(28-16-22(24(33)34)30-37(35,36)21-7-2-1-3-8-21)18-9-11-20(12-10-18)31-15-4-6-19(17-31)29-25-26-13-5-14-27-25/h1-3,5,7-14,19,22,30H,4,6,15-17H2,(H,28,32)(H,33,34)(H,26,27,29). The van der Waals surface area contributed by atoms with Crippen LogP contribution in [0.5, 0.6) is 0 Å². The van der Waals surface area contributed by atoms with Gasteiger partial charge in [-0.2, -0.15) is 4.72 Å². The van der Waals surface area contributed by atoms with Gasteiger partial charge in [0.2, 0.25) is 16.0 Å². The van der Waals surface area contributed by atoms with Crippen molar-refractivity contribution in [3.8, 4) is 0 Å². The number of anilines is 2. The number of carboxylic acid groups (broad SMARTS) is 1. The van der Waals surface area contributed by atoms with Crippen LogP contribution in [-0.4, -0.2) is 67.1 Å². The summed E-state index contributed by atoms with van der Waals surface area (Å²) in [5, 5.41) is 15.3. The van der Waals surface area contributed by atoms with Gasteiger partial charge in [0.15, 0.2) is 0 Å². The predicted molar refractivity (Wildman–Crippen MR) is 138 cm³/mol. The van der Waals surface area contributed by atoms with Gasteiger partial charge in [0.05, 0.1) is 4.90 Å². The summed E-state index contributed by atoms with van der Waals surface area (Å²) in [6.07, 6.45) is 5.36. The van der Waals surface area contributed by atoms with E-state index in [2.05, 4.69) is 30.2 Å². The monoisotopic (exact) mass is 524 g/mol. The lowest BCUT2D eigenvalue weighted by Gasteiger charge is -2.34. The smallest absolute Gasteiger partial charge is 0.323 e. The summed E-state index contributed by atoms with van der Waals surface area (Å²) in [7, 11) is -4.06. The van der Waals surface area contributed by atoms with E-state index in [1.54, 1.807) is 36.7 Å². The van der Waals surface area contributed by atoms with Crippen LogP contribution in [0.3, 0.4) is 0 Å². The van der Waals surface area contributed by atoms with E-state index < -0.39 is 34.5 Å². The predicted octanol–water partition coefficient (Wildman–Crippen LogP) is 1.72. The Morgan fingerprint density at radius 1 is 1.03 bits per heavy atom. The minimum atomic E-state index is -4.06. The maximum absolute atomic E-state index is 12.6. The maximum atomic E-state index is 12.6. The Balaban J connectivity index is 1.33. The third-order valence-corrected chi connectivity index (χ3v) is 7.42. The minimum absolute atomic E-state index is 0.0605. The Hall–Kier alpha value is -4.03. The Kier molecular flexibility index (Phi) is 8.31. The topological polar surface area (TPSA) is 154 Å². The van der Waals surface area contributed by atoms with Crippen LogP contribution in [0.15, 0.2) is 78.0 Å². The molecule has 1 aromatic heterocycles. The summed E-state index contributed by atoms with van der Waals surface area (Å²) in [6.45, 7) is 1.22. The SMILES string of the molecule is O=C(NCC(NS(=O)(=O)c1ccccc1)C(=O)O)c1ccc(N2CCCC(Nc3ncccn3)C2)cc1. The van der Waals surface area contributed by atoms with Gasteiger partial charge >= 0.3 is 5.97 Å². The first kappa shape index (κ1) is 26.0. The zero-order valence-electron chi connectivity index (χ0n) is 19.9. The molecule has 194 valence electrons. The quantitative estimate of drug-likeness (QED) is 0.310. The van der Waals surface area contributed by atoms with Gasteiger partial charge in [-0.3, -0.25) is 9.59 Å². The third-order valence-electron chi connectivity index (χ3n) is 5.93. The number of nitrogens with one attached hydrogen (secondary N) is 3. The highest BCUT2D eigenvalue weighted by Crippen LogP contribution is 2.22. The highest BCUT2D eigenvalue weighted by atomic mass is 32.2. The third kappa shape index (κ3) is 7.02. The molecule has 4 rings (SSSR count). The molecule has 4 N–H and O–H groups in total. The molecule has 0 radical (unpaired) electrons. The van der Waals surface area contributed by atoms with Gasteiger partial charge in [-0.15, -0.1) is 0 Å². The van der Waals surface area contributed by atoms with Crippen LogP contribution >= 0.6 is 0 Å². The number of aliphatic carboxylic acids is 1. The molecular formula is C25H28N6O5S. The molecule has 1 aliphatic rings. The first-order valence-electron chi connectivity index (χ1n) is 11.8. The highest BCUT2D eigenvalue weighted by Gasteiger charge is 2.26. The number of piperidine rings is 1. The number of rotatable bonds is 10. The Bertz CT molecular complexity index is 1310. The largest absolute Gasteiger partial charge is 0.480 e. The fraction of sp³-hybridized carbons (Fsp3) is 0.280. The van der Waals surface area contributed by atoms with E-state index in [-0.39, 0.29) is 10.9 Å². The molecule has 0 bridgehead atoms. The van der Waals surface area contributed by atoms with Crippen molar-refractivity contribution >= 4 is 33.5 Å². The molecule has 2 aromatic carbocycles. The van der Waals surface area contributed by atoms with Crippen molar-refractivity contribution in [1.29, 1.82) is 0 Å². The molecule has 2 unspecified atom stereocenters. The van der Waals surface area contributed by atoms with Crippen LogP contribution in [0.25, 0.3) is 0 Å². The van der Waals surface area contributed by atoms with Gasteiger partial charge in [-0.25, -0.2) is 18.4 Å². The first-order valence-corrected chi connectivity index (χ1v) is 13.3. The molecule has 37 heavy (non-hydrogen) atoms. The number of benzene rings is 2. The fourth-order valence-corrected chi connectivity index (χ4v) is 5.25. The average molecular weight is 525 g/mol. The number of hydrogen-bond donors (Lipinski definition) is 4. The van der Waals surface area contributed by atoms with Gasteiger partial charge < -0.3 is 20.6 Å². The Morgan fingerprint density at radius 3 is 2.41 bits per heavy atom. The molecular weight excluding hydrogens is 496 g/mol. The lowest BCUT2D eigenvalue weighted by atomic mass is 10.0. The number of sulfonamides is 1. The van der Waals surface area contributed by atoms with Gasteiger partial charge in [0.1, 0.15) is 6.04 Å². The lowest BCUT2D eigenvalue weighted by molar-refractivity contribution is -0.138. The fourth-order valence-electron chi connectivity index (χ4n) is 4.04. The second kappa shape index (κ2) is 11.8. The van der Waals surface area contributed by atoms with Gasteiger partial charge in [-0.1, -0.05) is 18.2 Å². The van der Waals surface area contributed by atoms with E-state index in [9.17, 15) is 23.1 Å². The van der Waals surface area contributed by atoms with Crippen molar-refractivity contribution in [1.82, 2.24) is 20.0 Å². The van der Waals surface area contributed by atoms with Gasteiger partial charge in [0.25, 0.3) is 5.91 Å². The van der Waals surface area contributed by atoms with Crippen LogP contribution in [-0.2, 0) is 14.8 Å².